The summed E-state index contributed by atoms with van der Waals surface area (Å²) in [5.74, 6) is -1.78. The zero-order chi connectivity index (χ0) is 31.8. The van der Waals surface area contributed by atoms with E-state index in [0.717, 1.165) is 47.9 Å². The molecule has 2 atom stereocenters. The summed E-state index contributed by atoms with van der Waals surface area (Å²) in [5, 5.41) is 18.4. The van der Waals surface area contributed by atoms with Gasteiger partial charge in [0.25, 0.3) is 5.91 Å². The number of carbonyl (C=O) groups is 3. The fourth-order valence-corrected chi connectivity index (χ4v) is 8.95. The van der Waals surface area contributed by atoms with Crippen molar-refractivity contribution in [2.75, 3.05) is 11.4 Å². The molecule has 1 saturated heterocycles. The first-order valence-corrected chi connectivity index (χ1v) is 17.2. The number of hydrogen-bond acceptors (Lipinski definition) is 7. The molecule has 234 valence electrons. The van der Waals surface area contributed by atoms with Crippen molar-refractivity contribution in [3.05, 3.63) is 58.5 Å². The fraction of sp³-hybridized carbons (Fsp3) is 0.471. The summed E-state index contributed by atoms with van der Waals surface area (Å²) >= 11 is 8.26. The Labute approximate surface area is 273 Å². The number of carboxylic acid groups (broad SMARTS) is 2. The number of rotatable bonds is 11. The lowest BCUT2D eigenvalue weighted by atomic mass is 9.82. The van der Waals surface area contributed by atoms with Gasteiger partial charge in [0, 0.05) is 33.0 Å². The molecule has 2 aliphatic heterocycles. The highest BCUT2D eigenvalue weighted by atomic mass is 32.2. The molecule has 2 fully saturated rings. The van der Waals surface area contributed by atoms with Gasteiger partial charge in [-0.05, 0) is 84.7 Å². The minimum Gasteiger partial charge on any atom is -0.481 e. The van der Waals surface area contributed by atoms with Gasteiger partial charge in [-0.15, -0.1) is 11.8 Å². The summed E-state index contributed by atoms with van der Waals surface area (Å²) < 4.78 is 0.250. The maximum atomic E-state index is 12.8. The van der Waals surface area contributed by atoms with Crippen LogP contribution in [0.1, 0.15) is 89.7 Å². The summed E-state index contributed by atoms with van der Waals surface area (Å²) in [6.07, 6.45) is 8.43. The molecule has 2 aromatic rings. The minimum atomic E-state index is -1.09. The number of nitrogens with zero attached hydrogens (tertiary/aromatic N) is 2. The molecule has 44 heavy (non-hydrogen) atoms. The maximum Gasteiger partial charge on any atom is 0.323 e. The van der Waals surface area contributed by atoms with Crippen LogP contribution in [0.25, 0.3) is 6.08 Å². The van der Waals surface area contributed by atoms with E-state index in [4.69, 9.17) is 17.3 Å². The quantitative estimate of drug-likeness (QED) is 0.141. The second-order valence-corrected chi connectivity index (χ2v) is 16.9. The van der Waals surface area contributed by atoms with Gasteiger partial charge in [0.2, 0.25) is 0 Å². The van der Waals surface area contributed by atoms with Crippen molar-refractivity contribution in [1.82, 2.24) is 4.90 Å². The van der Waals surface area contributed by atoms with Crippen molar-refractivity contribution in [3.8, 4) is 0 Å². The van der Waals surface area contributed by atoms with E-state index < -0.39 is 18.5 Å². The van der Waals surface area contributed by atoms with E-state index in [0.29, 0.717) is 16.9 Å². The molecule has 2 heterocycles. The number of carboxylic acids is 2. The highest BCUT2D eigenvalue weighted by molar-refractivity contribution is 8.26. The van der Waals surface area contributed by atoms with Crippen LogP contribution < -0.4 is 4.90 Å². The second kappa shape index (κ2) is 12.9. The number of thiocarbonyl (C=S) groups is 1. The Morgan fingerprint density at radius 2 is 1.73 bits per heavy atom. The molecule has 1 saturated carbocycles. The first-order chi connectivity index (χ1) is 20.7. The highest BCUT2D eigenvalue weighted by Crippen LogP contribution is 2.52. The highest BCUT2D eigenvalue weighted by Gasteiger charge is 2.41. The van der Waals surface area contributed by atoms with Gasteiger partial charge in [-0.25, -0.2) is 0 Å². The van der Waals surface area contributed by atoms with Crippen LogP contribution in [0.3, 0.4) is 0 Å². The lowest BCUT2D eigenvalue weighted by Gasteiger charge is -2.34. The SMILES string of the molecule is CC(C)(CCC(C)(C)Sc1ccc(N2c3ccc(/C=C4\SC(=S)N(CC(=O)O)C4=O)cc3C3CCCCC32)cc1)CC(=O)O. The topological polar surface area (TPSA) is 98.2 Å². The normalized spacial score (nSPS) is 21.1. The molecule has 2 aromatic carbocycles. The Morgan fingerprint density at radius 1 is 1.02 bits per heavy atom. The van der Waals surface area contributed by atoms with Crippen molar-refractivity contribution in [3.63, 3.8) is 0 Å². The van der Waals surface area contributed by atoms with Crippen molar-refractivity contribution in [2.24, 2.45) is 5.41 Å². The molecule has 1 amide bonds. The van der Waals surface area contributed by atoms with E-state index in [1.54, 1.807) is 0 Å². The third kappa shape index (κ3) is 7.35. The number of thioether (sulfide) groups is 2. The Hall–Kier alpha value is -2.82. The maximum absolute atomic E-state index is 12.8. The molecule has 7 nitrogen and oxygen atoms in total. The third-order valence-corrected chi connectivity index (χ3v) is 11.4. The first-order valence-electron chi connectivity index (χ1n) is 15.1. The van der Waals surface area contributed by atoms with E-state index in [9.17, 15) is 19.5 Å². The van der Waals surface area contributed by atoms with Gasteiger partial charge in [0.1, 0.15) is 10.9 Å². The van der Waals surface area contributed by atoms with Crippen molar-refractivity contribution >= 4 is 75.4 Å². The average molecular weight is 653 g/mol. The van der Waals surface area contributed by atoms with Crippen LogP contribution >= 0.6 is 35.7 Å². The van der Waals surface area contributed by atoms with Crippen molar-refractivity contribution in [1.29, 1.82) is 0 Å². The molecule has 0 radical (unpaired) electrons. The zero-order valence-corrected chi connectivity index (χ0v) is 28.1. The Morgan fingerprint density at radius 3 is 2.41 bits per heavy atom. The van der Waals surface area contributed by atoms with Crippen LogP contribution in [0.2, 0.25) is 0 Å². The Bertz CT molecular complexity index is 1500. The van der Waals surface area contributed by atoms with Crippen LogP contribution in [-0.4, -0.2) is 54.6 Å². The third-order valence-electron chi connectivity index (χ3n) is 8.78. The number of fused-ring (bicyclic) bond motifs is 3. The van der Waals surface area contributed by atoms with Crippen LogP contribution in [0.15, 0.2) is 52.3 Å². The molecule has 1 aliphatic carbocycles. The summed E-state index contributed by atoms with van der Waals surface area (Å²) in [6.45, 7) is 8.09. The molecule has 0 bridgehead atoms. The Balaban J connectivity index is 1.34. The number of benzene rings is 2. The van der Waals surface area contributed by atoms with Crippen LogP contribution in [-0.2, 0) is 14.4 Å². The smallest absolute Gasteiger partial charge is 0.323 e. The molecular weight excluding hydrogens is 613 g/mol. The van der Waals surface area contributed by atoms with E-state index in [2.05, 4.69) is 55.1 Å². The average Bonchev–Trinajstić information content (AvgIpc) is 3.40. The fourth-order valence-electron chi connectivity index (χ4n) is 6.58. The number of amides is 1. The molecule has 5 rings (SSSR count). The number of carbonyl (C=O) groups excluding carboxylic acids is 1. The number of aliphatic carboxylic acids is 2. The van der Waals surface area contributed by atoms with Gasteiger partial charge in [0.15, 0.2) is 0 Å². The molecule has 2 N–H and O–H groups in total. The first kappa shape index (κ1) is 32.6. The lowest BCUT2D eigenvalue weighted by molar-refractivity contribution is -0.140. The van der Waals surface area contributed by atoms with Gasteiger partial charge in [0.05, 0.1) is 11.3 Å². The van der Waals surface area contributed by atoms with Gasteiger partial charge < -0.3 is 15.1 Å². The predicted octanol–water partition coefficient (Wildman–Crippen LogP) is 8.30. The van der Waals surface area contributed by atoms with E-state index in [1.807, 2.05) is 37.8 Å². The van der Waals surface area contributed by atoms with Crippen LogP contribution in [0.4, 0.5) is 11.4 Å². The standard InChI is InChI=1S/C34H40N2O5S3/c1-33(2,19-29(37)38)15-16-34(3,4)44-23-12-10-22(11-13-23)36-26-8-6-5-7-24(26)25-17-21(9-14-27(25)36)18-28-31(41)35(20-30(39)40)32(42)43-28/h9-14,17-18,24,26H,5-8,15-16,19-20H2,1-4H3,(H,37,38)(H,39,40)/b28-18-. The van der Waals surface area contributed by atoms with Crippen LogP contribution in [0.5, 0.6) is 0 Å². The molecular formula is C34H40N2O5S3. The van der Waals surface area contributed by atoms with Crippen molar-refractivity contribution < 1.29 is 24.6 Å². The van der Waals surface area contributed by atoms with E-state index in [-0.39, 0.29) is 26.8 Å². The summed E-state index contributed by atoms with van der Waals surface area (Å²) in [5.41, 5.74) is 4.37. The van der Waals surface area contributed by atoms with E-state index >= 15 is 0 Å². The number of hydrogen-bond donors (Lipinski definition) is 2. The minimum absolute atomic E-state index is 0.0235. The largest absolute Gasteiger partial charge is 0.481 e. The summed E-state index contributed by atoms with van der Waals surface area (Å²) in [7, 11) is 0. The van der Waals surface area contributed by atoms with Gasteiger partial charge in [-0.3, -0.25) is 19.3 Å². The summed E-state index contributed by atoms with van der Waals surface area (Å²) in [4.78, 5) is 40.5. The monoisotopic (exact) mass is 652 g/mol. The molecule has 2 unspecified atom stereocenters. The van der Waals surface area contributed by atoms with Crippen LogP contribution in [0, 0.1) is 5.41 Å². The Kier molecular flexibility index (Phi) is 9.54. The molecule has 0 spiro atoms. The molecule has 3 aliphatic rings. The van der Waals surface area contributed by atoms with E-state index in [1.165, 1.54) is 34.7 Å². The molecule has 10 heteroatoms. The summed E-state index contributed by atoms with van der Waals surface area (Å²) in [6, 6.07) is 15.6. The lowest BCUT2D eigenvalue weighted by Crippen LogP contribution is -2.33. The second-order valence-electron chi connectivity index (χ2n) is 13.4. The van der Waals surface area contributed by atoms with Gasteiger partial charge in [-0.1, -0.05) is 70.6 Å². The zero-order valence-electron chi connectivity index (χ0n) is 25.7. The van der Waals surface area contributed by atoms with Crippen molar-refractivity contribution in [2.45, 2.75) is 94.2 Å². The van der Waals surface area contributed by atoms with Gasteiger partial charge >= 0.3 is 11.9 Å². The molecule has 0 aromatic heterocycles. The number of anilines is 2. The predicted molar refractivity (Wildman–Crippen MR) is 183 cm³/mol. The van der Waals surface area contributed by atoms with Gasteiger partial charge in [-0.2, -0.15) is 0 Å².